The average Bonchev–Trinajstić information content (AvgIpc) is 3.24. The van der Waals surface area contributed by atoms with Gasteiger partial charge >= 0.3 is 0 Å². The van der Waals surface area contributed by atoms with Crippen LogP contribution < -0.4 is 10.1 Å². The number of nitrogens with zero attached hydrogens (tertiary/aromatic N) is 2. The van der Waals surface area contributed by atoms with Gasteiger partial charge in [-0.15, -0.1) is 0 Å². The molecule has 0 aromatic carbocycles. The van der Waals surface area contributed by atoms with Crippen LogP contribution in [0, 0.1) is 5.92 Å². The molecule has 2 fully saturated rings. The Kier molecular flexibility index (Phi) is 3.46. The minimum absolute atomic E-state index is 0.315. The quantitative estimate of drug-likeness (QED) is 0.894. The van der Waals surface area contributed by atoms with Crippen molar-refractivity contribution in [3.63, 3.8) is 0 Å². The number of rotatable bonds is 4. The monoisotopic (exact) mass is 261 g/mol. The summed E-state index contributed by atoms with van der Waals surface area (Å²) in [5.74, 6) is 1.58. The Morgan fingerprint density at radius 3 is 3.11 bits per heavy atom. The zero-order valence-electron chi connectivity index (χ0n) is 11.9. The predicted octanol–water partition coefficient (Wildman–Crippen LogP) is 1.66. The Labute approximate surface area is 115 Å². The Bertz CT molecular complexity index is 447. The van der Waals surface area contributed by atoms with E-state index in [1.165, 1.54) is 18.4 Å². The molecule has 0 spiro atoms. The second-order valence-corrected chi connectivity index (χ2v) is 6.04. The molecule has 0 amide bonds. The summed E-state index contributed by atoms with van der Waals surface area (Å²) in [6.07, 6.45) is 4.61. The summed E-state index contributed by atoms with van der Waals surface area (Å²) in [5, 5.41) is 3.72. The fourth-order valence-electron chi connectivity index (χ4n) is 3.15. The van der Waals surface area contributed by atoms with E-state index in [1.807, 2.05) is 12.3 Å². The minimum Gasteiger partial charge on any atom is -0.481 e. The van der Waals surface area contributed by atoms with Crippen LogP contribution in [-0.2, 0) is 6.54 Å². The Morgan fingerprint density at radius 1 is 1.53 bits per heavy atom. The third-order valence-electron chi connectivity index (χ3n) is 4.40. The van der Waals surface area contributed by atoms with E-state index in [-0.39, 0.29) is 0 Å². The van der Waals surface area contributed by atoms with E-state index in [4.69, 9.17) is 4.74 Å². The molecule has 1 saturated heterocycles. The predicted molar refractivity (Wildman–Crippen MR) is 75.2 cm³/mol. The van der Waals surface area contributed by atoms with Gasteiger partial charge in [0.25, 0.3) is 0 Å². The molecule has 1 unspecified atom stereocenters. The number of hydrogen-bond acceptors (Lipinski definition) is 4. The number of pyridine rings is 1. The fourth-order valence-corrected chi connectivity index (χ4v) is 3.15. The van der Waals surface area contributed by atoms with Crippen molar-refractivity contribution in [1.82, 2.24) is 15.2 Å². The number of aromatic nitrogens is 1. The second-order valence-electron chi connectivity index (χ2n) is 6.04. The second kappa shape index (κ2) is 5.10. The van der Waals surface area contributed by atoms with E-state index in [9.17, 15) is 0 Å². The van der Waals surface area contributed by atoms with Gasteiger partial charge in [0.1, 0.15) is 0 Å². The lowest BCUT2D eigenvalue weighted by Gasteiger charge is -2.42. The first-order valence-electron chi connectivity index (χ1n) is 7.16. The number of ether oxygens (including phenoxy) is 1. The Balaban J connectivity index is 1.65. The number of nitrogens with one attached hydrogen (secondary N) is 1. The summed E-state index contributed by atoms with van der Waals surface area (Å²) in [4.78, 5) is 6.71. The van der Waals surface area contributed by atoms with Crippen LogP contribution >= 0.6 is 0 Å². The van der Waals surface area contributed by atoms with Crippen molar-refractivity contribution >= 4 is 0 Å². The number of methoxy groups -OCH3 is 1. The van der Waals surface area contributed by atoms with Crippen molar-refractivity contribution in [2.24, 2.45) is 5.92 Å². The van der Waals surface area contributed by atoms with Crippen LogP contribution in [0.5, 0.6) is 5.88 Å². The van der Waals surface area contributed by atoms with Gasteiger partial charge in [-0.1, -0.05) is 0 Å². The molecule has 104 valence electrons. The zero-order valence-corrected chi connectivity index (χ0v) is 11.9. The Morgan fingerprint density at radius 2 is 2.37 bits per heavy atom. The lowest BCUT2D eigenvalue weighted by atomic mass is 9.93. The van der Waals surface area contributed by atoms with Gasteiger partial charge in [-0.3, -0.25) is 4.90 Å². The summed E-state index contributed by atoms with van der Waals surface area (Å²) in [5.41, 5.74) is 1.60. The molecule has 1 aromatic heterocycles. The largest absolute Gasteiger partial charge is 0.481 e. The maximum Gasteiger partial charge on any atom is 0.213 e. The lowest BCUT2D eigenvalue weighted by molar-refractivity contribution is 0.121. The van der Waals surface area contributed by atoms with Gasteiger partial charge in [-0.2, -0.15) is 0 Å². The van der Waals surface area contributed by atoms with Crippen LogP contribution in [0.4, 0.5) is 0 Å². The summed E-state index contributed by atoms with van der Waals surface area (Å²) in [7, 11) is 1.67. The first-order chi connectivity index (χ1) is 9.19. The first kappa shape index (κ1) is 12.9. The highest BCUT2D eigenvalue weighted by molar-refractivity contribution is 5.20. The fraction of sp³-hybridized carbons (Fsp3) is 0.667. The zero-order chi connectivity index (χ0) is 13.3. The SMILES string of the molecule is COc1cc(CN2CCNC(C)(C3CC3)C2)ccn1. The normalized spacial score (nSPS) is 28.3. The molecule has 19 heavy (non-hydrogen) atoms. The standard InChI is InChI=1S/C15H23N3O/c1-15(13-3-4-13)11-18(8-7-17-15)10-12-5-6-16-14(9-12)19-2/h5-6,9,13,17H,3-4,7-8,10-11H2,1-2H3. The van der Waals surface area contributed by atoms with Crippen LogP contribution in [0.3, 0.4) is 0 Å². The van der Waals surface area contributed by atoms with Crippen LogP contribution in [0.1, 0.15) is 25.3 Å². The third-order valence-corrected chi connectivity index (χ3v) is 4.40. The van der Waals surface area contributed by atoms with Gasteiger partial charge in [0.05, 0.1) is 7.11 Å². The van der Waals surface area contributed by atoms with Crippen molar-refractivity contribution in [1.29, 1.82) is 0 Å². The van der Waals surface area contributed by atoms with E-state index in [0.29, 0.717) is 11.4 Å². The van der Waals surface area contributed by atoms with Gasteiger partial charge in [0.15, 0.2) is 0 Å². The van der Waals surface area contributed by atoms with Crippen molar-refractivity contribution < 1.29 is 4.74 Å². The molecule has 1 N–H and O–H groups in total. The van der Waals surface area contributed by atoms with Crippen LogP contribution in [0.15, 0.2) is 18.3 Å². The highest BCUT2D eigenvalue weighted by atomic mass is 16.5. The molecule has 3 rings (SSSR count). The molecule has 0 radical (unpaired) electrons. The maximum absolute atomic E-state index is 5.19. The Hall–Kier alpha value is -1.13. The molecule has 1 aromatic rings. The molecule has 2 aliphatic rings. The molecule has 1 aliphatic heterocycles. The maximum atomic E-state index is 5.19. The summed E-state index contributed by atoms with van der Waals surface area (Å²) < 4.78 is 5.19. The van der Waals surface area contributed by atoms with Crippen molar-refractivity contribution in [2.45, 2.75) is 31.8 Å². The van der Waals surface area contributed by atoms with Crippen LogP contribution in [-0.4, -0.2) is 42.2 Å². The molecule has 4 heteroatoms. The van der Waals surface area contributed by atoms with Gasteiger partial charge in [0.2, 0.25) is 5.88 Å². The number of hydrogen-bond donors (Lipinski definition) is 1. The molecule has 1 atom stereocenters. The van der Waals surface area contributed by atoms with Gasteiger partial charge in [-0.25, -0.2) is 4.98 Å². The summed E-state index contributed by atoms with van der Waals surface area (Å²) in [6, 6.07) is 4.12. The molecule has 2 heterocycles. The molecule has 1 aliphatic carbocycles. The van der Waals surface area contributed by atoms with Crippen molar-refractivity contribution in [2.75, 3.05) is 26.7 Å². The lowest BCUT2D eigenvalue weighted by Crippen LogP contribution is -2.59. The smallest absolute Gasteiger partial charge is 0.213 e. The number of piperazine rings is 1. The highest BCUT2D eigenvalue weighted by Crippen LogP contribution is 2.40. The summed E-state index contributed by atoms with van der Waals surface area (Å²) >= 11 is 0. The molecular formula is C15H23N3O. The highest BCUT2D eigenvalue weighted by Gasteiger charge is 2.43. The van der Waals surface area contributed by atoms with E-state index < -0.39 is 0 Å². The van der Waals surface area contributed by atoms with Gasteiger partial charge in [-0.05, 0) is 37.3 Å². The van der Waals surface area contributed by atoms with E-state index >= 15 is 0 Å². The van der Waals surface area contributed by atoms with Gasteiger partial charge < -0.3 is 10.1 Å². The van der Waals surface area contributed by atoms with Crippen LogP contribution in [0.25, 0.3) is 0 Å². The molecule has 0 bridgehead atoms. The van der Waals surface area contributed by atoms with E-state index in [0.717, 1.165) is 32.1 Å². The minimum atomic E-state index is 0.315. The molecule has 1 saturated carbocycles. The molecular weight excluding hydrogens is 238 g/mol. The van der Waals surface area contributed by atoms with Crippen molar-refractivity contribution in [3.05, 3.63) is 23.9 Å². The van der Waals surface area contributed by atoms with E-state index in [1.54, 1.807) is 7.11 Å². The van der Waals surface area contributed by atoms with Crippen molar-refractivity contribution in [3.8, 4) is 5.88 Å². The third kappa shape index (κ3) is 2.90. The van der Waals surface area contributed by atoms with Crippen LogP contribution in [0.2, 0.25) is 0 Å². The topological polar surface area (TPSA) is 37.4 Å². The van der Waals surface area contributed by atoms with Gasteiger partial charge in [0, 0.05) is 44.0 Å². The van der Waals surface area contributed by atoms with E-state index in [2.05, 4.69) is 28.2 Å². The molecule has 4 nitrogen and oxygen atoms in total. The average molecular weight is 261 g/mol. The first-order valence-corrected chi connectivity index (χ1v) is 7.16. The summed E-state index contributed by atoms with van der Waals surface area (Å²) in [6.45, 7) is 6.72.